The molecule has 0 aliphatic heterocycles. The van der Waals surface area contributed by atoms with Crippen LogP contribution in [-0.4, -0.2) is 36.6 Å². The number of hydrogen-bond acceptors (Lipinski definition) is 4. The number of urea groups is 2. The molecular formula is C16H22ClN3O4. The molecule has 0 aromatic heterocycles. The number of esters is 1. The monoisotopic (exact) mass is 355 g/mol. The largest absolute Gasteiger partial charge is 0.469 e. The highest BCUT2D eigenvalue weighted by Crippen LogP contribution is 2.20. The lowest BCUT2D eigenvalue weighted by Gasteiger charge is -2.29. The summed E-state index contributed by atoms with van der Waals surface area (Å²) in [6, 6.07) is 4.91. The number of hydrogen-bond donors (Lipinski definition) is 2. The number of rotatable bonds is 5. The summed E-state index contributed by atoms with van der Waals surface area (Å²) in [4.78, 5) is 36.5. The maximum Gasteiger partial charge on any atom is 0.326 e. The minimum atomic E-state index is -1.08. The van der Waals surface area contributed by atoms with Gasteiger partial charge in [0.2, 0.25) is 0 Å². The van der Waals surface area contributed by atoms with E-state index in [2.05, 4.69) is 10.1 Å². The molecule has 1 atom stereocenters. The maximum atomic E-state index is 12.4. The Morgan fingerprint density at radius 2 is 1.83 bits per heavy atom. The van der Waals surface area contributed by atoms with Crippen molar-refractivity contribution < 1.29 is 19.1 Å². The van der Waals surface area contributed by atoms with E-state index in [1.807, 2.05) is 0 Å². The van der Waals surface area contributed by atoms with Gasteiger partial charge in [-0.25, -0.2) is 14.5 Å². The lowest BCUT2D eigenvalue weighted by Crippen LogP contribution is -2.52. The predicted octanol–water partition coefficient (Wildman–Crippen LogP) is 2.69. The predicted molar refractivity (Wildman–Crippen MR) is 90.5 cm³/mol. The Kier molecular flexibility index (Phi) is 6.60. The molecule has 0 heterocycles. The lowest BCUT2D eigenvalue weighted by atomic mass is 9.93. The lowest BCUT2D eigenvalue weighted by molar-refractivity contribution is -0.151. The van der Waals surface area contributed by atoms with Gasteiger partial charge in [-0.2, -0.15) is 0 Å². The molecule has 4 amide bonds. The molecule has 0 aliphatic carbocycles. The first-order valence-electron chi connectivity index (χ1n) is 7.30. The van der Waals surface area contributed by atoms with E-state index in [1.165, 1.54) is 7.11 Å². The van der Waals surface area contributed by atoms with E-state index in [1.54, 1.807) is 45.0 Å². The normalized spacial score (nSPS) is 12.2. The van der Waals surface area contributed by atoms with Crippen LogP contribution in [0.15, 0.2) is 24.3 Å². The molecule has 3 N–H and O–H groups in total. The second-order valence-electron chi connectivity index (χ2n) is 6.02. The number of nitrogens with two attached hydrogens (primary N) is 1. The molecule has 1 aromatic rings. The summed E-state index contributed by atoms with van der Waals surface area (Å²) in [7, 11) is 1.24. The van der Waals surface area contributed by atoms with Crippen molar-refractivity contribution in [1.29, 1.82) is 0 Å². The third-order valence-electron chi connectivity index (χ3n) is 3.51. The fraction of sp³-hybridized carbons (Fsp3) is 0.438. The van der Waals surface area contributed by atoms with E-state index in [0.29, 0.717) is 5.02 Å². The number of benzene rings is 1. The molecule has 132 valence electrons. The summed E-state index contributed by atoms with van der Waals surface area (Å²) in [5.74, 6) is -0.549. The number of imide groups is 1. The molecule has 8 heteroatoms. The summed E-state index contributed by atoms with van der Waals surface area (Å²) in [6.45, 7) is 4.68. The topological polar surface area (TPSA) is 102 Å². The van der Waals surface area contributed by atoms with Gasteiger partial charge in [-0.05, 0) is 38.5 Å². The van der Waals surface area contributed by atoms with E-state index in [-0.39, 0.29) is 12.6 Å². The Balaban J connectivity index is 2.85. The first kappa shape index (κ1) is 19.8. The summed E-state index contributed by atoms with van der Waals surface area (Å²) in [6.07, 6.45) is 0. The van der Waals surface area contributed by atoms with Crippen LogP contribution in [0.3, 0.4) is 0 Å². The van der Waals surface area contributed by atoms with Crippen molar-refractivity contribution in [2.75, 3.05) is 13.7 Å². The van der Waals surface area contributed by atoms with Crippen LogP contribution < -0.4 is 11.1 Å². The molecule has 0 bridgehead atoms. The third kappa shape index (κ3) is 5.13. The van der Waals surface area contributed by atoms with Crippen molar-refractivity contribution in [3.8, 4) is 0 Å². The minimum Gasteiger partial charge on any atom is -0.469 e. The number of nitrogens with zero attached hydrogens (tertiary/aromatic N) is 1. The number of carbonyl (C=O) groups is 3. The standard InChI is InChI=1S/C16H22ClN3O4/c1-10(11-5-7-12(17)8-6-11)19-15(23)20(14(18)22)9-16(2,3)13(21)24-4/h5-8,10H,9H2,1-4H3,(H2,18,22)(H,19,23)/t10-/m0/s1. The molecule has 0 saturated heterocycles. The average Bonchev–Trinajstić information content (AvgIpc) is 2.51. The number of ether oxygens (including phenoxy) is 1. The van der Waals surface area contributed by atoms with Gasteiger partial charge < -0.3 is 15.8 Å². The van der Waals surface area contributed by atoms with E-state index in [0.717, 1.165) is 10.5 Å². The van der Waals surface area contributed by atoms with Gasteiger partial charge in [0.05, 0.1) is 18.6 Å². The second kappa shape index (κ2) is 8.01. The van der Waals surface area contributed by atoms with Gasteiger partial charge in [0, 0.05) is 11.6 Å². The van der Waals surface area contributed by atoms with Gasteiger partial charge in [0.15, 0.2) is 0 Å². The highest BCUT2D eigenvalue weighted by Gasteiger charge is 2.35. The quantitative estimate of drug-likeness (QED) is 0.792. The molecular weight excluding hydrogens is 334 g/mol. The minimum absolute atomic E-state index is 0.200. The summed E-state index contributed by atoms with van der Waals surface area (Å²) in [5, 5.41) is 3.25. The molecule has 7 nitrogen and oxygen atoms in total. The van der Waals surface area contributed by atoms with Gasteiger partial charge in [-0.1, -0.05) is 23.7 Å². The first-order chi connectivity index (χ1) is 11.1. The van der Waals surface area contributed by atoms with Crippen molar-refractivity contribution in [3.63, 3.8) is 0 Å². The van der Waals surface area contributed by atoms with Crippen LogP contribution in [0.1, 0.15) is 32.4 Å². The smallest absolute Gasteiger partial charge is 0.326 e. The Labute approximate surface area is 146 Å². The van der Waals surface area contributed by atoms with E-state index in [4.69, 9.17) is 17.3 Å². The van der Waals surface area contributed by atoms with E-state index < -0.39 is 23.4 Å². The van der Waals surface area contributed by atoms with Crippen molar-refractivity contribution in [2.24, 2.45) is 11.1 Å². The number of methoxy groups -OCH3 is 1. The van der Waals surface area contributed by atoms with Crippen LogP contribution in [0.5, 0.6) is 0 Å². The summed E-state index contributed by atoms with van der Waals surface area (Å²) >= 11 is 5.83. The maximum absolute atomic E-state index is 12.4. The van der Waals surface area contributed by atoms with E-state index in [9.17, 15) is 14.4 Å². The number of carbonyl (C=O) groups excluding carboxylic acids is 3. The number of primary amides is 1. The van der Waals surface area contributed by atoms with Crippen LogP contribution in [0.2, 0.25) is 5.02 Å². The Morgan fingerprint density at radius 3 is 2.29 bits per heavy atom. The third-order valence-corrected chi connectivity index (χ3v) is 3.76. The highest BCUT2D eigenvalue weighted by molar-refractivity contribution is 6.30. The number of amides is 4. The Morgan fingerprint density at radius 1 is 1.29 bits per heavy atom. The number of nitrogens with one attached hydrogen (secondary N) is 1. The number of halogens is 1. The second-order valence-corrected chi connectivity index (χ2v) is 6.46. The fourth-order valence-electron chi connectivity index (χ4n) is 2.08. The van der Waals surface area contributed by atoms with Crippen LogP contribution in [0.25, 0.3) is 0 Å². The van der Waals surface area contributed by atoms with E-state index >= 15 is 0 Å². The Bertz CT molecular complexity index is 616. The molecule has 0 fully saturated rings. The molecule has 0 spiro atoms. The van der Waals surface area contributed by atoms with Gasteiger partial charge in [0.25, 0.3) is 0 Å². The first-order valence-corrected chi connectivity index (χ1v) is 7.67. The zero-order valence-corrected chi connectivity index (χ0v) is 14.9. The van der Waals surface area contributed by atoms with Gasteiger partial charge >= 0.3 is 18.0 Å². The van der Waals surface area contributed by atoms with Gasteiger partial charge in [-0.15, -0.1) is 0 Å². The Hall–Kier alpha value is -2.28. The van der Waals surface area contributed by atoms with Crippen LogP contribution in [0.4, 0.5) is 9.59 Å². The van der Waals surface area contributed by atoms with Crippen LogP contribution in [0, 0.1) is 5.41 Å². The van der Waals surface area contributed by atoms with Crippen LogP contribution in [-0.2, 0) is 9.53 Å². The summed E-state index contributed by atoms with van der Waals surface area (Å²) < 4.78 is 4.68. The SMILES string of the molecule is COC(=O)C(C)(C)CN(C(N)=O)C(=O)N[C@@H](C)c1ccc(Cl)cc1. The van der Waals surface area contributed by atoms with Crippen molar-refractivity contribution in [3.05, 3.63) is 34.9 Å². The van der Waals surface area contributed by atoms with Crippen molar-refractivity contribution in [2.45, 2.75) is 26.8 Å². The zero-order chi connectivity index (χ0) is 18.5. The molecule has 24 heavy (non-hydrogen) atoms. The van der Waals surface area contributed by atoms with Gasteiger partial charge in [0.1, 0.15) is 0 Å². The molecule has 0 aliphatic rings. The zero-order valence-electron chi connectivity index (χ0n) is 14.1. The highest BCUT2D eigenvalue weighted by atomic mass is 35.5. The molecule has 0 saturated carbocycles. The molecule has 0 unspecified atom stereocenters. The molecule has 0 radical (unpaired) electrons. The van der Waals surface area contributed by atoms with Crippen molar-refractivity contribution in [1.82, 2.24) is 10.2 Å². The van der Waals surface area contributed by atoms with Gasteiger partial charge in [-0.3, -0.25) is 4.79 Å². The molecule has 1 rings (SSSR count). The summed E-state index contributed by atoms with van der Waals surface area (Å²) in [5.41, 5.74) is 5.01. The molecule has 1 aromatic carbocycles. The van der Waals surface area contributed by atoms with Crippen molar-refractivity contribution >= 4 is 29.6 Å². The average molecular weight is 356 g/mol. The fourth-order valence-corrected chi connectivity index (χ4v) is 2.21. The van der Waals surface area contributed by atoms with Crippen LogP contribution >= 0.6 is 11.6 Å².